The quantitative estimate of drug-likeness (QED) is 0.483. The van der Waals surface area contributed by atoms with Gasteiger partial charge in [0.1, 0.15) is 5.69 Å². The van der Waals surface area contributed by atoms with Crippen LogP contribution in [0.4, 0.5) is 10.8 Å². The van der Waals surface area contributed by atoms with Gasteiger partial charge in [-0.1, -0.05) is 66.7 Å². The number of hydrogen-bond donors (Lipinski definition) is 2. The van der Waals surface area contributed by atoms with Crippen molar-refractivity contribution in [2.45, 2.75) is 13.0 Å². The molecule has 0 fully saturated rings. The molecule has 3 aromatic carbocycles. The zero-order valence-corrected chi connectivity index (χ0v) is 15.7. The van der Waals surface area contributed by atoms with Crippen LogP contribution < -0.4 is 10.6 Å². The second-order valence-corrected chi connectivity index (χ2v) is 7.15. The Bertz CT molecular complexity index is 1070. The summed E-state index contributed by atoms with van der Waals surface area (Å²) in [5.41, 5.74) is 2.47. The van der Waals surface area contributed by atoms with Gasteiger partial charge in [-0.15, -0.1) is 11.3 Å². The Balaban J connectivity index is 1.49. The number of anilines is 2. The van der Waals surface area contributed by atoms with E-state index in [9.17, 15) is 4.79 Å². The van der Waals surface area contributed by atoms with Crippen LogP contribution in [0.15, 0.2) is 78.2 Å². The lowest BCUT2D eigenvalue weighted by atomic mass is 10.1. The fourth-order valence-corrected chi connectivity index (χ4v) is 3.68. The van der Waals surface area contributed by atoms with Crippen molar-refractivity contribution in [2.75, 3.05) is 5.32 Å². The van der Waals surface area contributed by atoms with Crippen molar-refractivity contribution in [3.8, 4) is 0 Å². The van der Waals surface area contributed by atoms with Crippen LogP contribution in [0.5, 0.6) is 0 Å². The minimum absolute atomic E-state index is 0.0742. The summed E-state index contributed by atoms with van der Waals surface area (Å²) in [5, 5.41) is 11.1. The molecule has 0 radical (unpaired) electrons. The van der Waals surface area contributed by atoms with Gasteiger partial charge in [-0.25, -0.2) is 4.98 Å². The molecule has 27 heavy (non-hydrogen) atoms. The monoisotopic (exact) mass is 373 g/mol. The predicted molar refractivity (Wildman–Crippen MR) is 112 cm³/mol. The Morgan fingerprint density at radius 3 is 2.56 bits per heavy atom. The number of rotatable bonds is 5. The van der Waals surface area contributed by atoms with Crippen molar-refractivity contribution < 1.29 is 4.79 Å². The van der Waals surface area contributed by atoms with E-state index in [0.717, 1.165) is 22.0 Å². The van der Waals surface area contributed by atoms with Crippen molar-refractivity contribution in [2.24, 2.45) is 0 Å². The fourth-order valence-electron chi connectivity index (χ4n) is 2.98. The number of carbonyl (C=O) groups is 1. The minimum atomic E-state index is -0.173. The molecule has 1 unspecified atom stereocenters. The molecule has 0 aliphatic rings. The third kappa shape index (κ3) is 3.83. The molecular weight excluding hydrogens is 354 g/mol. The van der Waals surface area contributed by atoms with Gasteiger partial charge >= 0.3 is 0 Å². The molecule has 0 aliphatic heterocycles. The number of nitrogens with one attached hydrogen (secondary N) is 2. The molecular formula is C22H19N3OS. The van der Waals surface area contributed by atoms with E-state index >= 15 is 0 Å². The van der Waals surface area contributed by atoms with Crippen molar-refractivity contribution in [1.29, 1.82) is 0 Å². The van der Waals surface area contributed by atoms with Gasteiger partial charge in [0.15, 0.2) is 5.13 Å². The van der Waals surface area contributed by atoms with Crippen molar-refractivity contribution >= 4 is 38.8 Å². The summed E-state index contributed by atoms with van der Waals surface area (Å²) in [6, 6.07) is 24.1. The highest BCUT2D eigenvalue weighted by Crippen LogP contribution is 2.28. The average Bonchev–Trinajstić information content (AvgIpc) is 3.18. The Morgan fingerprint density at radius 1 is 0.963 bits per heavy atom. The third-order valence-corrected chi connectivity index (χ3v) is 5.17. The lowest BCUT2D eigenvalue weighted by Crippen LogP contribution is -2.26. The number of hydrogen-bond acceptors (Lipinski definition) is 4. The van der Waals surface area contributed by atoms with Crippen molar-refractivity contribution in [3.63, 3.8) is 0 Å². The third-order valence-electron chi connectivity index (χ3n) is 4.42. The smallest absolute Gasteiger partial charge is 0.271 e. The second kappa shape index (κ2) is 7.60. The van der Waals surface area contributed by atoms with E-state index in [4.69, 9.17) is 0 Å². The lowest BCUT2D eigenvalue weighted by Gasteiger charge is -2.13. The first-order valence-electron chi connectivity index (χ1n) is 8.77. The maximum Gasteiger partial charge on any atom is 0.271 e. The van der Waals surface area contributed by atoms with E-state index < -0.39 is 0 Å². The van der Waals surface area contributed by atoms with Gasteiger partial charge in [0, 0.05) is 16.5 Å². The van der Waals surface area contributed by atoms with E-state index in [0.29, 0.717) is 10.8 Å². The number of amides is 1. The number of thiazole rings is 1. The Hall–Kier alpha value is -3.18. The molecule has 0 aliphatic carbocycles. The molecule has 1 heterocycles. The predicted octanol–water partition coefficient (Wildman–Crippen LogP) is 5.53. The first kappa shape index (κ1) is 17.2. The number of aromatic nitrogens is 1. The molecule has 0 bridgehead atoms. The Morgan fingerprint density at radius 2 is 1.70 bits per heavy atom. The van der Waals surface area contributed by atoms with E-state index in [2.05, 4.69) is 33.8 Å². The van der Waals surface area contributed by atoms with Crippen LogP contribution in [0.2, 0.25) is 0 Å². The van der Waals surface area contributed by atoms with Crippen LogP contribution in [-0.2, 0) is 0 Å². The molecule has 0 saturated heterocycles. The number of fused-ring (bicyclic) bond motifs is 1. The first-order chi connectivity index (χ1) is 13.2. The number of carbonyl (C=O) groups excluding carboxylic acids is 1. The van der Waals surface area contributed by atoms with E-state index in [1.807, 2.05) is 61.5 Å². The standard InChI is InChI=1S/C22H19N3OS/c1-15(16-8-3-2-4-9-16)23-21(26)20-14-27-22(25-20)24-19-13-7-11-17-10-5-6-12-18(17)19/h2-15H,1H3,(H,23,26)(H,24,25). The molecule has 5 heteroatoms. The maximum absolute atomic E-state index is 12.5. The van der Waals surface area contributed by atoms with Gasteiger partial charge in [0.05, 0.1) is 6.04 Å². The summed E-state index contributed by atoms with van der Waals surface area (Å²) < 4.78 is 0. The highest BCUT2D eigenvalue weighted by molar-refractivity contribution is 7.14. The first-order valence-corrected chi connectivity index (χ1v) is 9.65. The second-order valence-electron chi connectivity index (χ2n) is 6.30. The average molecular weight is 373 g/mol. The van der Waals surface area contributed by atoms with Crippen LogP contribution in [0.3, 0.4) is 0 Å². The van der Waals surface area contributed by atoms with Gasteiger partial charge in [0.25, 0.3) is 5.91 Å². The maximum atomic E-state index is 12.5. The molecule has 134 valence electrons. The summed E-state index contributed by atoms with van der Waals surface area (Å²) in [4.78, 5) is 17.0. The topological polar surface area (TPSA) is 54.0 Å². The van der Waals surface area contributed by atoms with Crippen LogP contribution in [0.25, 0.3) is 10.8 Å². The minimum Gasteiger partial charge on any atom is -0.344 e. The summed E-state index contributed by atoms with van der Waals surface area (Å²) >= 11 is 1.42. The SMILES string of the molecule is CC(NC(=O)c1csc(Nc2cccc3ccccc23)n1)c1ccccc1. The van der Waals surface area contributed by atoms with Crippen LogP contribution >= 0.6 is 11.3 Å². The Kier molecular flexibility index (Phi) is 4.85. The molecule has 1 atom stereocenters. The van der Waals surface area contributed by atoms with Gasteiger partial charge < -0.3 is 10.6 Å². The van der Waals surface area contributed by atoms with Gasteiger partial charge in [0.2, 0.25) is 0 Å². The van der Waals surface area contributed by atoms with Crippen LogP contribution in [0, 0.1) is 0 Å². The summed E-state index contributed by atoms with van der Waals surface area (Å²) in [6.45, 7) is 1.97. The molecule has 1 amide bonds. The van der Waals surface area contributed by atoms with Crippen molar-refractivity contribution in [1.82, 2.24) is 10.3 Å². The van der Waals surface area contributed by atoms with Crippen LogP contribution in [-0.4, -0.2) is 10.9 Å². The van der Waals surface area contributed by atoms with Crippen LogP contribution in [0.1, 0.15) is 29.0 Å². The number of benzene rings is 3. The molecule has 1 aromatic heterocycles. The molecule has 2 N–H and O–H groups in total. The molecule has 4 nitrogen and oxygen atoms in total. The van der Waals surface area contributed by atoms with Crippen molar-refractivity contribution in [3.05, 3.63) is 89.4 Å². The molecule has 0 spiro atoms. The lowest BCUT2D eigenvalue weighted by molar-refractivity contribution is 0.0935. The highest BCUT2D eigenvalue weighted by atomic mass is 32.1. The largest absolute Gasteiger partial charge is 0.344 e. The number of nitrogens with zero attached hydrogens (tertiary/aromatic N) is 1. The van der Waals surface area contributed by atoms with E-state index in [-0.39, 0.29) is 11.9 Å². The zero-order chi connectivity index (χ0) is 18.6. The summed E-state index contributed by atoms with van der Waals surface area (Å²) in [6.07, 6.45) is 0. The fraction of sp³-hybridized carbons (Fsp3) is 0.0909. The summed E-state index contributed by atoms with van der Waals surface area (Å²) in [7, 11) is 0. The van der Waals surface area contributed by atoms with E-state index in [1.54, 1.807) is 5.38 Å². The summed E-state index contributed by atoms with van der Waals surface area (Å²) in [5.74, 6) is -0.173. The molecule has 4 rings (SSSR count). The van der Waals surface area contributed by atoms with E-state index in [1.165, 1.54) is 11.3 Å². The van der Waals surface area contributed by atoms with Gasteiger partial charge in [-0.05, 0) is 23.9 Å². The Labute approximate surface area is 161 Å². The normalized spacial score (nSPS) is 11.9. The zero-order valence-electron chi connectivity index (χ0n) is 14.8. The van der Waals surface area contributed by atoms with Gasteiger partial charge in [-0.2, -0.15) is 0 Å². The molecule has 0 saturated carbocycles. The highest BCUT2D eigenvalue weighted by Gasteiger charge is 2.15. The molecule has 4 aromatic rings. The van der Waals surface area contributed by atoms with Gasteiger partial charge in [-0.3, -0.25) is 4.79 Å².